The topological polar surface area (TPSA) is 29.3 Å². The molecule has 84 valence electrons. The highest BCUT2D eigenvalue weighted by molar-refractivity contribution is 4.89. The molecule has 1 saturated heterocycles. The third-order valence-corrected chi connectivity index (χ3v) is 3.67. The number of nitrogens with two attached hydrogens (primary N) is 1. The molecule has 3 atom stereocenters. The number of rotatable bonds is 0. The number of nitrogens with zero attached hydrogens (tertiary/aromatic N) is 1. The van der Waals surface area contributed by atoms with E-state index in [1.54, 1.807) is 0 Å². The molecule has 0 amide bonds. The van der Waals surface area contributed by atoms with Gasteiger partial charge in [-0.25, -0.2) is 0 Å². The highest BCUT2D eigenvalue weighted by Gasteiger charge is 2.34. The van der Waals surface area contributed by atoms with Crippen molar-refractivity contribution in [1.82, 2.24) is 4.90 Å². The van der Waals surface area contributed by atoms with Gasteiger partial charge in [-0.1, -0.05) is 20.3 Å². The molecule has 2 nitrogen and oxygen atoms in total. The van der Waals surface area contributed by atoms with Gasteiger partial charge in [0, 0.05) is 12.6 Å². The molecule has 3 unspecified atom stereocenters. The molecular formula is C12H26N2. The zero-order valence-electron chi connectivity index (χ0n) is 10.00. The summed E-state index contributed by atoms with van der Waals surface area (Å²) in [5.41, 5.74) is 6.12. The van der Waals surface area contributed by atoms with Crippen molar-refractivity contribution < 1.29 is 0 Å². The molecule has 2 N–H and O–H groups in total. The second-order valence-electron chi connectivity index (χ2n) is 4.57. The van der Waals surface area contributed by atoms with Gasteiger partial charge < -0.3 is 10.6 Å². The molecule has 14 heavy (non-hydrogen) atoms. The van der Waals surface area contributed by atoms with E-state index in [9.17, 15) is 0 Å². The van der Waals surface area contributed by atoms with E-state index in [0.717, 1.165) is 11.8 Å². The summed E-state index contributed by atoms with van der Waals surface area (Å²) in [4.78, 5) is 2.44. The molecular weight excluding hydrogens is 172 g/mol. The van der Waals surface area contributed by atoms with E-state index in [0.29, 0.717) is 6.04 Å². The van der Waals surface area contributed by atoms with Crippen molar-refractivity contribution >= 4 is 0 Å². The third-order valence-electron chi connectivity index (χ3n) is 3.67. The van der Waals surface area contributed by atoms with Crippen molar-refractivity contribution in [2.45, 2.75) is 45.6 Å². The summed E-state index contributed by atoms with van der Waals surface area (Å²) in [6.45, 7) is 6.53. The Hall–Kier alpha value is -0.0800. The van der Waals surface area contributed by atoms with Crippen LogP contribution >= 0.6 is 0 Å². The lowest BCUT2D eigenvalue weighted by Gasteiger charge is -2.43. The fourth-order valence-electron chi connectivity index (χ4n) is 2.87. The van der Waals surface area contributed by atoms with Crippen LogP contribution in [0.1, 0.15) is 39.5 Å². The SMILES string of the molecule is CC.CN1CCC2CCCC(N)C2C1. The van der Waals surface area contributed by atoms with Crippen molar-refractivity contribution in [3.05, 3.63) is 0 Å². The first-order valence-electron chi connectivity index (χ1n) is 6.21. The van der Waals surface area contributed by atoms with Crippen molar-refractivity contribution in [2.24, 2.45) is 17.6 Å². The van der Waals surface area contributed by atoms with Crippen LogP contribution in [-0.2, 0) is 0 Å². The Bertz CT molecular complexity index is 158. The molecule has 1 heterocycles. The summed E-state index contributed by atoms with van der Waals surface area (Å²) < 4.78 is 0. The normalized spacial score (nSPS) is 38.1. The Labute approximate surface area is 88.8 Å². The van der Waals surface area contributed by atoms with Crippen molar-refractivity contribution in [2.75, 3.05) is 20.1 Å². The molecule has 0 radical (unpaired) electrons. The first-order chi connectivity index (χ1) is 6.77. The van der Waals surface area contributed by atoms with Gasteiger partial charge in [0.25, 0.3) is 0 Å². The van der Waals surface area contributed by atoms with E-state index in [2.05, 4.69) is 11.9 Å². The second-order valence-corrected chi connectivity index (χ2v) is 4.57. The summed E-state index contributed by atoms with van der Waals surface area (Å²) in [6.07, 6.45) is 5.45. The van der Waals surface area contributed by atoms with E-state index in [4.69, 9.17) is 5.73 Å². The standard InChI is InChI=1S/C10H20N2.C2H6/c1-12-6-5-8-3-2-4-10(11)9(8)7-12;1-2/h8-10H,2-7,11H2,1H3;1-2H3. The molecule has 0 spiro atoms. The second kappa shape index (κ2) is 5.72. The van der Waals surface area contributed by atoms with Gasteiger partial charge in [-0.15, -0.1) is 0 Å². The van der Waals surface area contributed by atoms with Crippen molar-refractivity contribution in [3.63, 3.8) is 0 Å². The maximum absolute atomic E-state index is 6.12. The summed E-state index contributed by atoms with van der Waals surface area (Å²) in [7, 11) is 2.22. The minimum absolute atomic E-state index is 0.492. The van der Waals surface area contributed by atoms with Crippen LogP contribution in [0.5, 0.6) is 0 Å². The van der Waals surface area contributed by atoms with E-state index < -0.39 is 0 Å². The van der Waals surface area contributed by atoms with Crippen LogP contribution < -0.4 is 5.73 Å². The van der Waals surface area contributed by atoms with Gasteiger partial charge in [0.05, 0.1) is 0 Å². The fourth-order valence-corrected chi connectivity index (χ4v) is 2.87. The van der Waals surface area contributed by atoms with Crippen LogP contribution in [0.4, 0.5) is 0 Å². The Morgan fingerprint density at radius 2 is 1.86 bits per heavy atom. The van der Waals surface area contributed by atoms with Crippen LogP contribution in [0.15, 0.2) is 0 Å². The molecule has 0 bridgehead atoms. The monoisotopic (exact) mass is 198 g/mol. The predicted molar refractivity (Wildman–Crippen MR) is 62.3 cm³/mol. The van der Waals surface area contributed by atoms with Crippen LogP contribution in [0, 0.1) is 11.8 Å². The smallest absolute Gasteiger partial charge is 0.00820 e. The molecule has 1 aliphatic heterocycles. The van der Waals surface area contributed by atoms with Crippen LogP contribution in [0.3, 0.4) is 0 Å². The summed E-state index contributed by atoms with van der Waals surface area (Å²) in [5, 5.41) is 0. The molecule has 2 rings (SSSR count). The van der Waals surface area contributed by atoms with Gasteiger partial charge in [-0.2, -0.15) is 0 Å². The molecule has 2 heteroatoms. The lowest BCUT2D eigenvalue weighted by atomic mass is 9.72. The fraction of sp³-hybridized carbons (Fsp3) is 1.00. The van der Waals surface area contributed by atoms with E-state index in [1.165, 1.54) is 38.8 Å². The Balaban J connectivity index is 0.000000461. The van der Waals surface area contributed by atoms with Crippen molar-refractivity contribution in [3.8, 4) is 0 Å². The number of hydrogen-bond acceptors (Lipinski definition) is 2. The lowest BCUT2D eigenvalue weighted by molar-refractivity contribution is 0.0887. The van der Waals surface area contributed by atoms with E-state index in [1.807, 2.05) is 13.8 Å². The average Bonchev–Trinajstić information content (AvgIpc) is 2.22. The minimum Gasteiger partial charge on any atom is -0.327 e. The Morgan fingerprint density at radius 1 is 1.14 bits per heavy atom. The highest BCUT2D eigenvalue weighted by Crippen LogP contribution is 2.34. The van der Waals surface area contributed by atoms with Crippen LogP contribution in [0.2, 0.25) is 0 Å². The minimum atomic E-state index is 0.492. The first-order valence-corrected chi connectivity index (χ1v) is 6.21. The van der Waals surface area contributed by atoms with E-state index in [-0.39, 0.29) is 0 Å². The number of fused-ring (bicyclic) bond motifs is 1. The zero-order valence-corrected chi connectivity index (χ0v) is 10.00. The third kappa shape index (κ3) is 2.71. The van der Waals surface area contributed by atoms with Crippen molar-refractivity contribution in [1.29, 1.82) is 0 Å². The first kappa shape index (κ1) is 12.0. The predicted octanol–water partition coefficient (Wildman–Crippen LogP) is 2.09. The Kier molecular flexibility index (Phi) is 4.90. The lowest BCUT2D eigenvalue weighted by Crippen LogP contribution is -2.48. The molecule has 2 aliphatic rings. The summed E-state index contributed by atoms with van der Waals surface area (Å²) >= 11 is 0. The molecule has 0 aromatic rings. The number of piperidine rings is 1. The molecule has 1 aliphatic carbocycles. The van der Waals surface area contributed by atoms with E-state index >= 15 is 0 Å². The molecule has 0 aromatic heterocycles. The quantitative estimate of drug-likeness (QED) is 0.646. The highest BCUT2D eigenvalue weighted by atomic mass is 15.1. The summed E-state index contributed by atoms with van der Waals surface area (Å²) in [6, 6.07) is 0.492. The molecule has 1 saturated carbocycles. The van der Waals surface area contributed by atoms with Gasteiger partial charge in [0.1, 0.15) is 0 Å². The Morgan fingerprint density at radius 3 is 2.57 bits per heavy atom. The largest absolute Gasteiger partial charge is 0.327 e. The maximum atomic E-state index is 6.12. The molecule has 0 aromatic carbocycles. The van der Waals surface area contributed by atoms with Gasteiger partial charge >= 0.3 is 0 Å². The van der Waals surface area contributed by atoms with Crippen LogP contribution in [-0.4, -0.2) is 31.1 Å². The average molecular weight is 198 g/mol. The number of hydrogen-bond donors (Lipinski definition) is 1. The van der Waals surface area contributed by atoms with Crippen LogP contribution in [0.25, 0.3) is 0 Å². The van der Waals surface area contributed by atoms with Gasteiger partial charge in [0.15, 0.2) is 0 Å². The van der Waals surface area contributed by atoms with Gasteiger partial charge in [-0.3, -0.25) is 0 Å². The summed E-state index contributed by atoms with van der Waals surface area (Å²) in [5.74, 6) is 1.75. The van der Waals surface area contributed by atoms with Gasteiger partial charge in [-0.05, 0) is 44.7 Å². The maximum Gasteiger partial charge on any atom is 0.00820 e. The molecule has 2 fully saturated rings. The zero-order chi connectivity index (χ0) is 10.6. The van der Waals surface area contributed by atoms with Gasteiger partial charge in [0.2, 0.25) is 0 Å². The number of likely N-dealkylation sites (tertiary alicyclic amines) is 1.